The first-order chi connectivity index (χ1) is 8.36. The summed E-state index contributed by atoms with van der Waals surface area (Å²) in [5.74, 6) is 0. The highest BCUT2D eigenvalue weighted by molar-refractivity contribution is 5.65. The number of hydrogen-bond donors (Lipinski definition) is 1. The number of anilines is 1. The van der Waals surface area contributed by atoms with E-state index in [4.69, 9.17) is 0 Å². The summed E-state index contributed by atoms with van der Waals surface area (Å²) >= 11 is 0. The number of para-hydroxylation sites is 1. The van der Waals surface area contributed by atoms with Crippen LogP contribution in [0.1, 0.15) is 17.4 Å². The first-order valence-electron chi connectivity index (χ1n) is 5.65. The van der Waals surface area contributed by atoms with E-state index in [2.05, 4.69) is 0 Å². The van der Waals surface area contributed by atoms with Gasteiger partial charge in [0.2, 0.25) is 0 Å². The minimum atomic E-state index is -0.612. The second kappa shape index (κ2) is 4.07. The van der Waals surface area contributed by atoms with E-state index in [0.717, 1.165) is 16.8 Å². The zero-order valence-electron chi connectivity index (χ0n) is 9.32. The third-order valence-electron chi connectivity index (χ3n) is 3.01. The van der Waals surface area contributed by atoms with Gasteiger partial charge in [-0.15, -0.1) is 0 Å². The van der Waals surface area contributed by atoms with Crippen molar-refractivity contribution in [3.05, 3.63) is 71.9 Å². The van der Waals surface area contributed by atoms with Crippen molar-refractivity contribution in [3.8, 4) is 0 Å². The van der Waals surface area contributed by atoms with Crippen molar-refractivity contribution in [2.45, 2.75) is 6.23 Å². The second-order valence-electron chi connectivity index (χ2n) is 4.06. The lowest BCUT2D eigenvalue weighted by molar-refractivity contribution is 0.181. The van der Waals surface area contributed by atoms with Crippen molar-refractivity contribution < 1.29 is 5.11 Å². The lowest BCUT2D eigenvalue weighted by Crippen LogP contribution is -2.25. The summed E-state index contributed by atoms with van der Waals surface area (Å²) in [6.45, 7) is 0. The molecule has 0 spiro atoms. The Bertz CT molecular complexity index is 548. The molecule has 2 heteroatoms. The van der Waals surface area contributed by atoms with Gasteiger partial charge in [-0.25, -0.2) is 0 Å². The van der Waals surface area contributed by atoms with Gasteiger partial charge in [0.1, 0.15) is 0 Å². The van der Waals surface area contributed by atoms with E-state index in [9.17, 15) is 5.11 Å². The summed E-state index contributed by atoms with van der Waals surface area (Å²) in [7, 11) is 0. The van der Waals surface area contributed by atoms with Gasteiger partial charge in [-0.1, -0.05) is 42.5 Å². The molecule has 0 amide bonds. The van der Waals surface area contributed by atoms with Crippen molar-refractivity contribution in [1.29, 1.82) is 0 Å². The minimum Gasteiger partial charge on any atom is -0.369 e. The summed E-state index contributed by atoms with van der Waals surface area (Å²) in [6.07, 6.45) is 3.33. The summed E-state index contributed by atoms with van der Waals surface area (Å²) in [6, 6.07) is 17.8. The van der Waals surface area contributed by atoms with Gasteiger partial charge >= 0.3 is 0 Å². The Hall–Kier alpha value is -2.06. The fourth-order valence-corrected chi connectivity index (χ4v) is 2.12. The first kappa shape index (κ1) is 10.1. The highest BCUT2D eigenvalue weighted by Gasteiger charge is 2.21. The molecule has 2 aromatic carbocycles. The van der Waals surface area contributed by atoms with Gasteiger partial charge in [0, 0.05) is 17.5 Å². The third kappa shape index (κ3) is 1.73. The number of fused-ring (bicyclic) bond motifs is 1. The Balaban J connectivity index is 2.03. The van der Waals surface area contributed by atoms with E-state index < -0.39 is 6.23 Å². The number of nitrogens with zero attached hydrogens (tertiary/aromatic N) is 1. The van der Waals surface area contributed by atoms with Gasteiger partial charge in [-0.2, -0.15) is 0 Å². The molecule has 0 aromatic heterocycles. The molecule has 84 valence electrons. The maximum absolute atomic E-state index is 10.3. The molecule has 1 unspecified atom stereocenters. The van der Waals surface area contributed by atoms with Crippen LogP contribution in [0.4, 0.5) is 5.69 Å². The van der Waals surface area contributed by atoms with E-state index in [-0.39, 0.29) is 0 Å². The van der Waals surface area contributed by atoms with Crippen molar-refractivity contribution in [2.75, 3.05) is 4.90 Å². The summed E-state index contributed by atoms with van der Waals surface area (Å²) in [5, 5.41) is 10.3. The molecule has 1 aliphatic rings. The van der Waals surface area contributed by atoms with Crippen LogP contribution in [0.5, 0.6) is 0 Å². The predicted molar refractivity (Wildman–Crippen MR) is 69.4 cm³/mol. The molecule has 1 aliphatic heterocycles. The number of benzene rings is 2. The van der Waals surface area contributed by atoms with Gasteiger partial charge in [0.05, 0.1) is 0 Å². The molecule has 0 bridgehead atoms. The fraction of sp³-hybridized carbons (Fsp3) is 0.0667. The van der Waals surface area contributed by atoms with Gasteiger partial charge in [-0.05, 0) is 23.8 Å². The SMILES string of the molecule is OC1c2ccccc2C=CN1c1ccccc1. The molecule has 0 aliphatic carbocycles. The third-order valence-corrected chi connectivity index (χ3v) is 3.01. The minimum absolute atomic E-state index is 0.612. The zero-order chi connectivity index (χ0) is 11.7. The predicted octanol–water partition coefficient (Wildman–Crippen LogP) is 3.17. The molecule has 1 heterocycles. The maximum Gasteiger partial charge on any atom is 0.157 e. The van der Waals surface area contributed by atoms with Crippen LogP contribution in [-0.2, 0) is 0 Å². The molecular formula is C15H13NO. The van der Waals surface area contributed by atoms with Gasteiger partial charge in [0.25, 0.3) is 0 Å². The number of rotatable bonds is 1. The second-order valence-corrected chi connectivity index (χ2v) is 4.06. The van der Waals surface area contributed by atoms with E-state index in [1.807, 2.05) is 71.8 Å². The molecule has 2 aromatic rings. The van der Waals surface area contributed by atoms with Crippen LogP contribution in [0.2, 0.25) is 0 Å². The van der Waals surface area contributed by atoms with Crippen LogP contribution in [0.15, 0.2) is 60.8 Å². The van der Waals surface area contributed by atoms with Gasteiger partial charge in [0.15, 0.2) is 6.23 Å². The van der Waals surface area contributed by atoms with E-state index in [0.29, 0.717) is 0 Å². The lowest BCUT2D eigenvalue weighted by atomic mass is 10.0. The van der Waals surface area contributed by atoms with Crippen molar-refractivity contribution in [1.82, 2.24) is 0 Å². The van der Waals surface area contributed by atoms with Crippen molar-refractivity contribution >= 4 is 11.8 Å². The highest BCUT2D eigenvalue weighted by atomic mass is 16.3. The van der Waals surface area contributed by atoms with Crippen LogP contribution in [0, 0.1) is 0 Å². The average Bonchev–Trinajstić information content (AvgIpc) is 2.40. The van der Waals surface area contributed by atoms with Gasteiger partial charge < -0.3 is 10.0 Å². The quantitative estimate of drug-likeness (QED) is 0.802. The normalized spacial score (nSPS) is 17.9. The number of aliphatic hydroxyl groups is 1. The Labute approximate surface area is 100 Å². The maximum atomic E-state index is 10.3. The molecule has 3 rings (SSSR count). The zero-order valence-corrected chi connectivity index (χ0v) is 9.32. The van der Waals surface area contributed by atoms with Crippen LogP contribution >= 0.6 is 0 Å². The molecule has 0 saturated carbocycles. The van der Waals surface area contributed by atoms with E-state index in [1.54, 1.807) is 0 Å². The Morgan fingerprint density at radius 2 is 1.59 bits per heavy atom. The smallest absolute Gasteiger partial charge is 0.157 e. The van der Waals surface area contributed by atoms with Crippen molar-refractivity contribution in [2.24, 2.45) is 0 Å². The molecule has 2 nitrogen and oxygen atoms in total. The Morgan fingerprint density at radius 3 is 2.41 bits per heavy atom. The summed E-state index contributed by atoms with van der Waals surface area (Å²) in [4.78, 5) is 1.86. The first-order valence-corrected chi connectivity index (χ1v) is 5.65. The highest BCUT2D eigenvalue weighted by Crippen LogP contribution is 2.31. The van der Waals surface area contributed by atoms with Crippen molar-refractivity contribution in [3.63, 3.8) is 0 Å². The molecule has 0 fully saturated rings. The molecule has 17 heavy (non-hydrogen) atoms. The molecular weight excluding hydrogens is 210 g/mol. The van der Waals surface area contributed by atoms with Crippen LogP contribution in [-0.4, -0.2) is 5.11 Å². The van der Waals surface area contributed by atoms with Crippen LogP contribution in [0.25, 0.3) is 6.08 Å². The Morgan fingerprint density at radius 1 is 0.882 bits per heavy atom. The number of aliphatic hydroxyl groups excluding tert-OH is 1. The fourth-order valence-electron chi connectivity index (χ4n) is 2.12. The molecule has 1 N–H and O–H groups in total. The Kier molecular flexibility index (Phi) is 2.42. The molecule has 0 saturated heterocycles. The lowest BCUT2D eigenvalue weighted by Gasteiger charge is -2.31. The summed E-state index contributed by atoms with van der Waals surface area (Å²) < 4.78 is 0. The van der Waals surface area contributed by atoms with E-state index >= 15 is 0 Å². The standard InChI is InChI=1S/C15H13NO/c17-15-14-9-5-4-6-12(14)10-11-16(15)13-7-2-1-3-8-13/h1-11,15,17H. The van der Waals surface area contributed by atoms with Gasteiger partial charge in [-0.3, -0.25) is 0 Å². The monoisotopic (exact) mass is 223 g/mol. The molecule has 0 radical (unpaired) electrons. The topological polar surface area (TPSA) is 23.5 Å². The average molecular weight is 223 g/mol. The molecule has 1 atom stereocenters. The number of hydrogen-bond acceptors (Lipinski definition) is 2. The van der Waals surface area contributed by atoms with Crippen LogP contribution in [0.3, 0.4) is 0 Å². The van der Waals surface area contributed by atoms with Crippen LogP contribution < -0.4 is 4.90 Å². The largest absolute Gasteiger partial charge is 0.369 e. The summed E-state index contributed by atoms with van der Waals surface area (Å²) in [5.41, 5.74) is 3.01. The van der Waals surface area contributed by atoms with E-state index in [1.165, 1.54) is 0 Å².